The topological polar surface area (TPSA) is 49.8 Å². The van der Waals surface area contributed by atoms with E-state index in [1.165, 1.54) is 0 Å². The molecular weight excluding hydrogens is 307 g/mol. The third kappa shape index (κ3) is 5.06. The van der Waals surface area contributed by atoms with Crippen molar-refractivity contribution in [1.82, 2.24) is 9.97 Å². The van der Waals surface area contributed by atoms with E-state index in [2.05, 4.69) is 34.4 Å². The minimum atomic E-state index is 0.551. The summed E-state index contributed by atoms with van der Waals surface area (Å²) in [5, 5.41) is 7.52. The summed E-state index contributed by atoms with van der Waals surface area (Å²) in [6.45, 7) is 5.22. The van der Waals surface area contributed by atoms with Gasteiger partial charge in [-0.3, -0.25) is 0 Å². The second-order valence-corrected chi connectivity index (χ2v) is 5.97. The van der Waals surface area contributed by atoms with Crippen LogP contribution in [-0.2, 0) is 0 Å². The van der Waals surface area contributed by atoms with Gasteiger partial charge in [0.15, 0.2) is 0 Å². The van der Waals surface area contributed by atoms with Crippen LogP contribution in [0.5, 0.6) is 0 Å². The van der Waals surface area contributed by atoms with Crippen molar-refractivity contribution in [3.8, 4) is 0 Å². The SMILES string of the molecule is CC(C)CCNc1nccc(Nc2ccc(Cl)cc2Cl)n1. The van der Waals surface area contributed by atoms with Gasteiger partial charge in [-0.05, 0) is 36.6 Å². The third-order valence-electron chi connectivity index (χ3n) is 2.85. The number of rotatable bonds is 6. The number of halogens is 2. The predicted octanol–water partition coefficient (Wildman–Crippen LogP) is 4.99. The van der Waals surface area contributed by atoms with Gasteiger partial charge < -0.3 is 10.6 Å². The summed E-state index contributed by atoms with van der Waals surface area (Å²) in [6.07, 6.45) is 2.78. The van der Waals surface area contributed by atoms with Crippen LogP contribution in [0.3, 0.4) is 0 Å². The quantitative estimate of drug-likeness (QED) is 0.786. The van der Waals surface area contributed by atoms with Crippen LogP contribution in [0.2, 0.25) is 10.0 Å². The molecule has 0 aliphatic heterocycles. The minimum absolute atomic E-state index is 0.551. The van der Waals surface area contributed by atoms with Crippen LogP contribution >= 0.6 is 23.2 Å². The zero-order valence-corrected chi connectivity index (χ0v) is 13.5. The van der Waals surface area contributed by atoms with E-state index in [9.17, 15) is 0 Å². The Balaban J connectivity index is 2.03. The average molecular weight is 325 g/mol. The fourth-order valence-electron chi connectivity index (χ4n) is 1.71. The Morgan fingerprint density at radius 2 is 2.00 bits per heavy atom. The van der Waals surface area contributed by atoms with Crippen LogP contribution in [-0.4, -0.2) is 16.5 Å². The number of hydrogen-bond acceptors (Lipinski definition) is 4. The van der Waals surface area contributed by atoms with Gasteiger partial charge in [0.1, 0.15) is 5.82 Å². The van der Waals surface area contributed by atoms with Gasteiger partial charge in [-0.15, -0.1) is 0 Å². The van der Waals surface area contributed by atoms with E-state index in [-0.39, 0.29) is 0 Å². The maximum absolute atomic E-state index is 6.13. The Bertz CT molecular complexity index is 602. The van der Waals surface area contributed by atoms with Crippen molar-refractivity contribution in [1.29, 1.82) is 0 Å². The molecule has 2 N–H and O–H groups in total. The Hall–Kier alpha value is -1.52. The van der Waals surface area contributed by atoms with Crippen molar-refractivity contribution >= 4 is 40.7 Å². The lowest BCUT2D eigenvalue weighted by molar-refractivity contribution is 0.606. The van der Waals surface area contributed by atoms with Gasteiger partial charge in [0.25, 0.3) is 0 Å². The summed E-state index contributed by atoms with van der Waals surface area (Å²) in [7, 11) is 0. The zero-order chi connectivity index (χ0) is 15.2. The highest BCUT2D eigenvalue weighted by Gasteiger charge is 2.04. The second kappa shape index (κ2) is 7.48. The molecule has 2 aromatic rings. The number of nitrogens with zero attached hydrogens (tertiary/aromatic N) is 2. The highest BCUT2D eigenvalue weighted by Crippen LogP contribution is 2.27. The Labute approximate surface area is 134 Å². The first kappa shape index (κ1) is 15.9. The fourth-order valence-corrected chi connectivity index (χ4v) is 2.17. The summed E-state index contributed by atoms with van der Waals surface area (Å²) in [5.74, 6) is 1.93. The molecule has 0 radical (unpaired) electrons. The summed E-state index contributed by atoms with van der Waals surface area (Å²) in [4.78, 5) is 8.60. The molecule has 0 aliphatic carbocycles. The average Bonchev–Trinajstić information content (AvgIpc) is 2.42. The summed E-state index contributed by atoms with van der Waals surface area (Å²) in [6, 6.07) is 7.07. The van der Waals surface area contributed by atoms with Gasteiger partial charge in [0.05, 0.1) is 10.7 Å². The maximum atomic E-state index is 6.13. The molecule has 1 heterocycles. The highest BCUT2D eigenvalue weighted by atomic mass is 35.5. The maximum Gasteiger partial charge on any atom is 0.224 e. The molecular formula is C15H18Cl2N4. The van der Waals surface area contributed by atoms with E-state index < -0.39 is 0 Å². The Morgan fingerprint density at radius 3 is 2.71 bits per heavy atom. The van der Waals surface area contributed by atoms with Crippen LogP contribution in [0.4, 0.5) is 17.5 Å². The number of anilines is 3. The predicted molar refractivity (Wildman–Crippen MR) is 89.7 cm³/mol. The molecule has 2 rings (SSSR count). The van der Waals surface area contributed by atoms with Crippen molar-refractivity contribution in [2.75, 3.05) is 17.2 Å². The number of aromatic nitrogens is 2. The Kier molecular flexibility index (Phi) is 5.65. The first-order valence-corrected chi connectivity index (χ1v) is 7.59. The second-order valence-electron chi connectivity index (χ2n) is 5.12. The molecule has 0 saturated heterocycles. The van der Waals surface area contributed by atoms with E-state index in [1.807, 2.05) is 6.07 Å². The molecule has 0 aliphatic rings. The van der Waals surface area contributed by atoms with E-state index in [0.717, 1.165) is 18.7 Å². The molecule has 0 unspecified atom stereocenters. The van der Waals surface area contributed by atoms with E-state index in [1.54, 1.807) is 24.4 Å². The lowest BCUT2D eigenvalue weighted by Gasteiger charge is -2.10. The van der Waals surface area contributed by atoms with E-state index >= 15 is 0 Å². The first-order chi connectivity index (χ1) is 10.0. The molecule has 1 aromatic heterocycles. The molecule has 0 saturated carbocycles. The lowest BCUT2D eigenvalue weighted by atomic mass is 10.1. The molecule has 0 atom stereocenters. The van der Waals surface area contributed by atoms with E-state index in [4.69, 9.17) is 23.2 Å². The summed E-state index contributed by atoms with van der Waals surface area (Å²) >= 11 is 12.0. The highest BCUT2D eigenvalue weighted by molar-refractivity contribution is 6.36. The molecule has 6 heteroatoms. The molecule has 112 valence electrons. The molecule has 1 aromatic carbocycles. The number of benzene rings is 1. The van der Waals surface area contributed by atoms with Gasteiger partial charge in [-0.2, -0.15) is 4.98 Å². The van der Waals surface area contributed by atoms with Crippen LogP contribution in [0.15, 0.2) is 30.5 Å². The largest absolute Gasteiger partial charge is 0.354 e. The fraction of sp³-hybridized carbons (Fsp3) is 0.333. The van der Waals surface area contributed by atoms with E-state index in [0.29, 0.717) is 27.7 Å². The van der Waals surface area contributed by atoms with Crippen LogP contribution in [0.1, 0.15) is 20.3 Å². The lowest BCUT2D eigenvalue weighted by Crippen LogP contribution is -2.08. The monoisotopic (exact) mass is 324 g/mol. The first-order valence-electron chi connectivity index (χ1n) is 6.83. The van der Waals surface area contributed by atoms with Crippen LogP contribution < -0.4 is 10.6 Å². The molecule has 0 spiro atoms. The van der Waals surface area contributed by atoms with Crippen molar-refractivity contribution < 1.29 is 0 Å². The number of hydrogen-bond donors (Lipinski definition) is 2. The van der Waals surface area contributed by atoms with Crippen molar-refractivity contribution in [3.63, 3.8) is 0 Å². The Morgan fingerprint density at radius 1 is 1.19 bits per heavy atom. The normalized spacial score (nSPS) is 10.7. The molecule has 4 nitrogen and oxygen atoms in total. The van der Waals surface area contributed by atoms with Gasteiger partial charge in [-0.1, -0.05) is 37.0 Å². The smallest absolute Gasteiger partial charge is 0.224 e. The molecule has 0 amide bonds. The summed E-state index contributed by atoms with van der Waals surface area (Å²) < 4.78 is 0. The van der Waals surface area contributed by atoms with Crippen molar-refractivity contribution in [3.05, 3.63) is 40.5 Å². The molecule has 21 heavy (non-hydrogen) atoms. The summed E-state index contributed by atoms with van der Waals surface area (Å²) in [5.41, 5.74) is 0.757. The standard InChI is InChI=1S/C15H18Cl2N4/c1-10(2)5-7-18-15-19-8-6-14(21-15)20-13-4-3-11(16)9-12(13)17/h3-4,6,8-10H,5,7H2,1-2H3,(H2,18,19,20,21). The number of nitrogens with one attached hydrogen (secondary N) is 2. The minimum Gasteiger partial charge on any atom is -0.354 e. The van der Waals surface area contributed by atoms with Crippen molar-refractivity contribution in [2.45, 2.75) is 20.3 Å². The van der Waals surface area contributed by atoms with Crippen molar-refractivity contribution in [2.24, 2.45) is 5.92 Å². The van der Waals surface area contributed by atoms with Gasteiger partial charge in [-0.25, -0.2) is 4.98 Å². The van der Waals surface area contributed by atoms with Crippen LogP contribution in [0, 0.1) is 5.92 Å². The van der Waals surface area contributed by atoms with Gasteiger partial charge in [0, 0.05) is 17.8 Å². The zero-order valence-electron chi connectivity index (χ0n) is 12.0. The van der Waals surface area contributed by atoms with Gasteiger partial charge in [0.2, 0.25) is 5.95 Å². The molecule has 0 fully saturated rings. The van der Waals surface area contributed by atoms with Gasteiger partial charge >= 0.3 is 0 Å². The van der Waals surface area contributed by atoms with Crippen LogP contribution in [0.25, 0.3) is 0 Å². The third-order valence-corrected chi connectivity index (χ3v) is 3.40. The molecule has 0 bridgehead atoms.